The lowest BCUT2D eigenvalue weighted by Gasteiger charge is -2.13. The van der Waals surface area contributed by atoms with E-state index >= 15 is 0 Å². The van der Waals surface area contributed by atoms with Crippen molar-refractivity contribution in [3.05, 3.63) is 48.2 Å². The standard InChI is InChI=1S/C17H22N2O2/c1-3-14(18)11-13-7-6-10-19-17(13)21-16-9-5-8-15(12-16)20-4-2/h5-10,12,14H,3-4,11,18H2,1-2H3. The normalized spacial score (nSPS) is 12.0. The van der Waals surface area contributed by atoms with Crippen molar-refractivity contribution in [2.45, 2.75) is 32.7 Å². The average molecular weight is 286 g/mol. The van der Waals surface area contributed by atoms with Crippen molar-refractivity contribution in [1.29, 1.82) is 0 Å². The number of nitrogens with zero attached hydrogens (tertiary/aromatic N) is 1. The van der Waals surface area contributed by atoms with Crippen LogP contribution in [0.15, 0.2) is 42.6 Å². The van der Waals surface area contributed by atoms with Crippen molar-refractivity contribution in [3.8, 4) is 17.4 Å². The summed E-state index contributed by atoms with van der Waals surface area (Å²) in [6.07, 6.45) is 3.40. The quantitative estimate of drug-likeness (QED) is 0.845. The Morgan fingerprint density at radius 2 is 1.95 bits per heavy atom. The molecule has 0 bridgehead atoms. The minimum absolute atomic E-state index is 0.117. The molecular weight excluding hydrogens is 264 g/mol. The van der Waals surface area contributed by atoms with Gasteiger partial charge >= 0.3 is 0 Å². The second-order valence-electron chi connectivity index (χ2n) is 4.85. The summed E-state index contributed by atoms with van der Waals surface area (Å²) in [7, 11) is 0. The molecule has 0 aliphatic heterocycles. The van der Waals surface area contributed by atoms with Gasteiger partial charge in [-0.3, -0.25) is 0 Å². The number of hydrogen-bond donors (Lipinski definition) is 1. The minimum Gasteiger partial charge on any atom is -0.494 e. The van der Waals surface area contributed by atoms with E-state index in [4.69, 9.17) is 15.2 Å². The Hall–Kier alpha value is -2.07. The Morgan fingerprint density at radius 3 is 2.71 bits per heavy atom. The first-order valence-electron chi connectivity index (χ1n) is 7.33. The molecule has 2 N–H and O–H groups in total. The predicted molar refractivity (Wildman–Crippen MR) is 83.9 cm³/mol. The monoisotopic (exact) mass is 286 g/mol. The number of rotatable bonds is 7. The molecule has 0 saturated carbocycles. The maximum Gasteiger partial charge on any atom is 0.222 e. The summed E-state index contributed by atoms with van der Waals surface area (Å²) in [6, 6.07) is 11.6. The smallest absolute Gasteiger partial charge is 0.222 e. The van der Waals surface area contributed by atoms with Crippen LogP contribution in [0.5, 0.6) is 17.4 Å². The molecule has 0 fully saturated rings. The Kier molecular flexibility index (Phi) is 5.58. The number of hydrogen-bond acceptors (Lipinski definition) is 4. The SMILES string of the molecule is CCOc1cccc(Oc2ncccc2CC(N)CC)c1. The molecule has 0 radical (unpaired) electrons. The maximum absolute atomic E-state index is 6.03. The first-order chi connectivity index (χ1) is 10.2. The number of benzene rings is 1. The van der Waals surface area contributed by atoms with E-state index in [2.05, 4.69) is 11.9 Å². The highest BCUT2D eigenvalue weighted by Crippen LogP contribution is 2.26. The summed E-state index contributed by atoms with van der Waals surface area (Å²) < 4.78 is 11.4. The zero-order valence-corrected chi connectivity index (χ0v) is 12.6. The Morgan fingerprint density at radius 1 is 1.14 bits per heavy atom. The number of pyridine rings is 1. The molecule has 21 heavy (non-hydrogen) atoms. The molecular formula is C17H22N2O2. The summed E-state index contributed by atoms with van der Waals surface area (Å²) in [5.41, 5.74) is 7.05. The van der Waals surface area contributed by atoms with Gasteiger partial charge in [0, 0.05) is 23.9 Å². The topological polar surface area (TPSA) is 57.4 Å². The van der Waals surface area contributed by atoms with Crippen LogP contribution in [0.25, 0.3) is 0 Å². The lowest BCUT2D eigenvalue weighted by molar-refractivity contribution is 0.337. The summed E-state index contributed by atoms with van der Waals surface area (Å²) in [5, 5.41) is 0. The molecule has 0 saturated heterocycles. The van der Waals surface area contributed by atoms with E-state index in [1.165, 1.54) is 0 Å². The zero-order chi connectivity index (χ0) is 15.1. The van der Waals surface area contributed by atoms with Crippen molar-refractivity contribution in [1.82, 2.24) is 4.98 Å². The van der Waals surface area contributed by atoms with Crippen molar-refractivity contribution < 1.29 is 9.47 Å². The number of ether oxygens (including phenoxy) is 2. The molecule has 1 unspecified atom stereocenters. The summed E-state index contributed by atoms with van der Waals surface area (Å²) in [4.78, 5) is 4.32. The van der Waals surface area contributed by atoms with Crippen LogP contribution in [0.3, 0.4) is 0 Å². The third-order valence-electron chi connectivity index (χ3n) is 3.19. The van der Waals surface area contributed by atoms with Crippen LogP contribution >= 0.6 is 0 Å². The van der Waals surface area contributed by atoms with Gasteiger partial charge in [-0.25, -0.2) is 4.98 Å². The molecule has 0 spiro atoms. The van der Waals surface area contributed by atoms with E-state index < -0.39 is 0 Å². The van der Waals surface area contributed by atoms with Crippen LogP contribution in [0.1, 0.15) is 25.8 Å². The van der Waals surface area contributed by atoms with Crippen molar-refractivity contribution in [2.75, 3.05) is 6.61 Å². The molecule has 1 heterocycles. The van der Waals surface area contributed by atoms with E-state index in [1.54, 1.807) is 6.20 Å². The Bertz CT molecular complexity index is 572. The molecule has 0 aliphatic carbocycles. The van der Waals surface area contributed by atoms with Crippen LogP contribution in [0.4, 0.5) is 0 Å². The van der Waals surface area contributed by atoms with E-state index in [0.29, 0.717) is 18.2 Å². The van der Waals surface area contributed by atoms with Gasteiger partial charge in [-0.2, -0.15) is 0 Å². The lowest BCUT2D eigenvalue weighted by atomic mass is 10.1. The van der Waals surface area contributed by atoms with Crippen LogP contribution in [-0.4, -0.2) is 17.6 Å². The second kappa shape index (κ2) is 7.64. The summed E-state index contributed by atoms with van der Waals surface area (Å²) in [6.45, 7) is 4.66. The fourth-order valence-corrected chi connectivity index (χ4v) is 2.00. The van der Waals surface area contributed by atoms with E-state index in [1.807, 2.05) is 43.3 Å². The molecule has 2 aromatic rings. The molecule has 1 atom stereocenters. The highest BCUT2D eigenvalue weighted by molar-refractivity contribution is 5.37. The second-order valence-corrected chi connectivity index (χ2v) is 4.85. The van der Waals surface area contributed by atoms with Gasteiger partial charge in [0.05, 0.1) is 6.61 Å². The number of nitrogens with two attached hydrogens (primary N) is 1. The van der Waals surface area contributed by atoms with Gasteiger partial charge in [0.25, 0.3) is 0 Å². The average Bonchev–Trinajstić information content (AvgIpc) is 2.50. The van der Waals surface area contributed by atoms with Gasteiger partial charge in [0.15, 0.2) is 0 Å². The maximum atomic E-state index is 6.03. The molecule has 0 amide bonds. The zero-order valence-electron chi connectivity index (χ0n) is 12.6. The first kappa shape index (κ1) is 15.3. The first-order valence-corrected chi connectivity index (χ1v) is 7.33. The summed E-state index contributed by atoms with van der Waals surface area (Å²) in [5.74, 6) is 2.11. The molecule has 2 rings (SSSR count). The lowest BCUT2D eigenvalue weighted by Crippen LogP contribution is -2.21. The van der Waals surface area contributed by atoms with Crippen LogP contribution in [0.2, 0.25) is 0 Å². The van der Waals surface area contributed by atoms with E-state index in [9.17, 15) is 0 Å². The summed E-state index contributed by atoms with van der Waals surface area (Å²) >= 11 is 0. The van der Waals surface area contributed by atoms with Gasteiger partial charge < -0.3 is 15.2 Å². The molecule has 0 aliphatic rings. The van der Waals surface area contributed by atoms with E-state index in [-0.39, 0.29) is 6.04 Å². The fraction of sp³-hybridized carbons (Fsp3) is 0.353. The van der Waals surface area contributed by atoms with Gasteiger partial charge in [-0.15, -0.1) is 0 Å². The molecule has 1 aromatic carbocycles. The van der Waals surface area contributed by atoms with Crippen molar-refractivity contribution >= 4 is 0 Å². The Labute approximate surface area is 125 Å². The highest BCUT2D eigenvalue weighted by atomic mass is 16.5. The van der Waals surface area contributed by atoms with Gasteiger partial charge in [-0.05, 0) is 38.0 Å². The van der Waals surface area contributed by atoms with Gasteiger partial charge in [-0.1, -0.05) is 19.1 Å². The van der Waals surface area contributed by atoms with E-state index in [0.717, 1.165) is 24.2 Å². The Balaban J connectivity index is 2.17. The highest BCUT2D eigenvalue weighted by Gasteiger charge is 2.10. The van der Waals surface area contributed by atoms with Crippen molar-refractivity contribution in [3.63, 3.8) is 0 Å². The van der Waals surface area contributed by atoms with Crippen LogP contribution in [-0.2, 0) is 6.42 Å². The van der Waals surface area contributed by atoms with Crippen molar-refractivity contribution in [2.24, 2.45) is 5.73 Å². The molecule has 4 nitrogen and oxygen atoms in total. The van der Waals surface area contributed by atoms with Crippen LogP contribution < -0.4 is 15.2 Å². The largest absolute Gasteiger partial charge is 0.494 e. The number of aromatic nitrogens is 1. The molecule has 4 heteroatoms. The minimum atomic E-state index is 0.117. The molecule has 112 valence electrons. The fourth-order valence-electron chi connectivity index (χ4n) is 2.00. The third kappa shape index (κ3) is 4.46. The third-order valence-corrected chi connectivity index (χ3v) is 3.19. The predicted octanol–water partition coefficient (Wildman–Crippen LogP) is 3.55. The van der Waals surface area contributed by atoms with Gasteiger partial charge in [0.1, 0.15) is 11.5 Å². The van der Waals surface area contributed by atoms with Gasteiger partial charge in [0.2, 0.25) is 5.88 Å². The molecule has 1 aromatic heterocycles. The van der Waals surface area contributed by atoms with Crippen LogP contribution in [0, 0.1) is 0 Å².